The van der Waals surface area contributed by atoms with E-state index in [9.17, 15) is 14.4 Å². The molecule has 4 aromatic rings. The summed E-state index contributed by atoms with van der Waals surface area (Å²) in [5.74, 6) is 0.489. The summed E-state index contributed by atoms with van der Waals surface area (Å²) >= 11 is 6.19. The molecule has 5 rings (SSSR count). The van der Waals surface area contributed by atoms with E-state index in [1.54, 1.807) is 61.7 Å². The maximum absolute atomic E-state index is 13.8. The molecule has 1 amide bonds. The quantitative estimate of drug-likeness (QED) is 0.167. The number of hydrogen-bond acceptors (Lipinski definition) is 6. The highest BCUT2D eigenvalue weighted by molar-refractivity contribution is 6.31. The molecule has 0 N–H and O–H groups in total. The summed E-state index contributed by atoms with van der Waals surface area (Å²) in [6, 6.07) is 16.0. The van der Waals surface area contributed by atoms with Gasteiger partial charge in [0.05, 0.1) is 30.7 Å². The minimum Gasteiger partial charge on any atom is -0.493 e. The van der Waals surface area contributed by atoms with Gasteiger partial charge < -0.3 is 13.9 Å². The Morgan fingerprint density at radius 1 is 1.00 bits per heavy atom. The first-order valence-electron chi connectivity index (χ1n) is 12.9. The van der Waals surface area contributed by atoms with Gasteiger partial charge in [0.25, 0.3) is 5.91 Å². The fourth-order valence-electron chi connectivity index (χ4n) is 4.89. The van der Waals surface area contributed by atoms with E-state index in [0.717, 1.165) is 19.3 Å². The Labute approximate surface area is 230 Å². The summed E-state index contributed by atoms with van der Waals surface area (Å²) in [4.78, 5) is 41.0. The number of halogens is 1. The summed E-state index contributed by atoms with van der Waals surface area (Å²) in [6.07, 6.45) is 3.07. The van der Waals surface area contributed by atoms with Crippen molar-refractivity contribution >= 4 is 39.9 Å². The molecule has 0 bridgehead atoms. The Morgan fingerprint density at radius 2 is 1.77 bits per heavy atom. The molecule has 39 heavy (non-hydrogen) atoms. The van der Waals surface area contributed by atoms with Gasteiger partial charge in [0.2, 0.25) is 5.76 Å². The van der Waals surface area contributed by atoms with Crippen LogP contribution in [0.2, 0.25) is 5.02 Å². The van der Waals surface area contributed by atoms with Crippen LogP contribution < -0.4 is 19.8 Å². The minimum absolute atomic E-state index is 0.0330. The predicted octanol–water partition coefficient (Wildman–Crippen LogP) is 6.98. The van der Waals surface area contributed by atoms with E-state index in [1.165, 1.54) is 11.8 Å². The minimum atomic E-state index is -0.807. The van der Waals surface area contributed by atoms with Gasteiger partial charge in [-0.2, -0.15) is 0 Å². The zero-order valence-electron chi connectivity index (χ0n) is 22.0. The van der Waals surface area contributed by atoms with Crippen LogP contribution in [0.3, 0.4) is 0 Å². The van der Waals surface area contributed by atoms with Crippen molar-refractivity contribution in [2.24, 2.45) is 0 Å². The third-order valence-corrected chi connectivity index (χ3v) is 7.13. The topological polar surface area (TPSA) is 86.0 Å². The van der Waals surface area contributed by atoms with E-state index < -0.39 is 11.9 Å². The second kappa shape index (κ2) is 10.9. The van der Waals surface area contributed by atoms with Crippen molar-refractivity contribution < 1.29 is 23.5 Å². The number of ether oxygens (including phenoxy) is 2. The molecule has 1 unspecified atom stereocenters. The lowest BCUT2D eigenvalue weighted by Crippen LogP contribution is -2.29. The van der Waals surface area contributed by atoms with Gasteiger partial charge in [-0.25, -0.2) is 0 Å². The summed E-state index contributed by atoms with van der Waals surface area (Å²) in [5, 5.41) is 0.675. The number of benzene rings is 3. The summed E-state index contributed by atoms with van der Waals surface area (Å²) in [6.45, 7) is 4.16. The van der Waals surface area contributed by atoms with Crippen LogP contribution in [-0.2, 0) is 0 Å². The van der Waals surface area contributed by atoms with Crippen LogP contribution >= 0.6 is 11.6 Å². The molecule has 0 fully saturated rings. The number of unbranched alkanes of at least 4 members (excludes halogenated alkanes) is 2. The molecule has 0 radical (unpaired) electrons. The fraction of sp³-hybridized carbons (Fsp3) is 0.258. The van der Waals surface area contributed by atoms with Gasteiger partial charge in [0, 0.05) is 16.3 Å². The molecule has 8 heteroatoms. The number of carbonyl (C=O) groups is 2. The molecule has 1 atom stereocenters. The fourth-order valence-corrected chi connectivity index (χ4v) is 5.06. The highest BCUT2D eigenvalue weighted by Gasteiger charge is 2.44. The maximum atomic E-state index is 13.8. The Bertz CT molecular complexity index is 1630. The van der Waals surface area contributed by atoms with Crippen molar-refractivity contribution in [1.29, 1.82) is 0 Å². The Kier molecular flexibility index (Phi) is 7.44. The first kappa shape index (κ1) is 26.5. The number of ketones is 1. The van der Waals surface area contributed by atoms with Crippen LogP contribution in [0.1, 0.15) is 71.2 Å². The second-order valence-electron chi connectivity index (χ2n) is 9.46. The number of fused-ring (bicyclic) bond motifs is 2. The van der Waals surface area contributed by atoms with Crippen molar-refractivity contribution in [3.8, 4) is 11.5 Å². The first-order chi connectivity index (χ1) is 18.8. The van der Waals surface area contributed by atoms with Crippen LogP contribution in [0.15, 0.2) is 69.9 Å². The molecule has 200 valence electrons. The molecule has 0 spiro atoms. The standard InChI is InChI=1S/C31H28ClNO6/c1-4-5-6-15-38-25-13-9-20(16-26(25)37-3)28-27-29(35)23-17-21(32)10-14-24(23)39-30(27)31(36)33(28)22-11-7-19(8-12-22)18(2)34/h7-14,16-17,28H,4-6,15H2,1-3H3. The SMILES string of the molecule is CCCCCOc1ccc(C2c3c(oc4ccc(Cl)cc4c3=O)C(=O)N2c2ccc(C(C)=O)cc2)cc1OC. The third-order valence-electron chi connectivity index (χ3n) is 6.89. The summed E-state index contributed by atoms with van der Waals surface area (Å²) < 4.78 is 17.6. The largest absolute Gasteiger partial charge is 0.493 e. The van der Waals surface area contributed by atoms with E-state index in [4.69, 9.17) is 25.5 Å². The molecular weight excluding hydrogens is 518 g/mol. The number of rotatable bonds is 9. The number of amides is 1. The van der Waals surface area contributed by atoms with Crippen LogP contribution in [0.4, 0.5) is 5.69 Å². The van der Waals surface area contributed by atoms with Gasteiger partial charge in [0.1, 0.15) is 5.58 Å². The molecular formula is C31H28ClNO6. The lowest BCUT2D eigenvalue weighted by Gasteiger charge is -2.26. The molecule has 1 aromatic heterocycles. The number of hydrogen-bond donors (Lipinski definition) is 0. The van der Waals surface area contributed by atoms with Crippen LogP contribution in [0, 0.1) is 0 Å². The maximum Gasteiger partial charge on any atom is 0.295 e. The van der Waals surface area contributed by atoms with Crippen molar-refractivity contribution in [1.82, 2.24) is 0 Å². The van der Waals surface area contributed by atoms with Crippen molar-refractivity contribution in [2.75, 3.05) is 18.6 Å². The van der Waals surface area contributed by atoms with Crippen LogP contribution in [-0.4, -0.2) is 25.4 Å². The van der Waals surface area contributed by atoms with Gasteiger partial charge in [-0.05, 0) is 73.5 Å². The molecule has 0 saturated heterocycles. The van der Waals surface area contributed by atoms with E-state index >= 15 is 0 Å². The normalized spacial score (nSPS) is 14.5. The number of Topliss-reactive ketones (excluding diaryl/α,β-unsaturated/α-hetero) is 1. The molecule has 0 aliphatic carbocycles. The third kappa shape index (κ3) is 4.90. The lowest BCUT2D eigenvalue weighted by molar-refractivity contribution is 0.0970. The predicted molar refractivity (Wildman–Crippen MR) is 151 cm³/mol. The summed E-state index contributed by atoms with van der Waals surface area (Å²) in [5.41, 5.74) is 1.82. The molecule has 0 saturated carbocycles. The highest BCUT2D eigenvalue weighted by atomic mass is 35.5. The van der Waals surface area contributed by atoms with Crippen LogP contribution in [0.25, 0.3) is 11.0 Å². The van der Waals surface area contributed by atoms with Gasteiger partial charge in [-0.3, -0.25) is 19.3 Å². The van der Waals surface area contributed by atoms with E-state index in [1.807, 2.05) is 6.07 Å². The molecule has 7 nitrogen and oxygen atoms in total. The molecule has 2 heterocycles. The number of nitrogens with zero attached hydrogens (tertiary/aromatic N) is 1. The molecule has 1 aliphatic heterocycles. The van der Waals surface area contributed by atoms with Crippen LogP contribution in [0.5, 0.6) is 11.5 Å². The average molecular weight is 546 g/mol. The van der Waals surface area contributed by atoms with E-state index in [-0.39, 0.29) is 33.5 Å². The summed E-state index contributed by atoms with van der Waals surface area (Å²) in [7, 11) is 1.55. The van der Waals surface area contributed by atoms with Gasteiger partial charge in [-0.15, -0.1) is 0 Å². The molecule has 1 aliphatic rings. The monoisotopic (exact) mass is 545 g/mol. The van der Waals surface area contributed by atoms with Gasteiger partial charge in [-0.1, -0.05) is 37.4 Å². The smallest absolute Gasteiger partial charge is 0.295 e. The Hall–Kier alpha value is -4.10. The number of anilines is 1. The lowest BCUT2D eigenvalue weighted by atomic mass is 9.97. The first-order valence-corrected chi connectivity index (χ1v) is 13.2. The van der Waals surface area contributed by atoms with Gasteiger partial charge in [0.15, 0.2) is 22.7 Å². The Morgan fingerprint density at radius 3 is 2.46 bits per heavy atom. The van der Waals surface area contributed by atoms with Crippen molar-refractivity contribution in [3.05, 3.63) is 98.4 Å². The zero-order chi connectivity index (χ0) is 27.7. The molecule has 3 aromatic carbocycles. The number of carbonyl (C=O) groups excluding carboxylic acids is 2. The van der Waals surface area contributed by atoms with Crippen molar-refractivity contribution in [3.63, 3.8) is 0 Å². The highest BCUT2D eigenvalue weighted by Crippen LogP contribution is 2.43. The van der Waals surface area contributed by atoms with Crippen molar-refractivity contribution in [2.45, 2.75) is 39.2 Å². The van der Waals surface area contributed by atoms with Gasteiger partial charge >= 0.3 is 0 Å². The second-order valence-corrected chi connectivity index (χ2v) is 9.90. The number of methoxy groups -OCH3 is 1. The van der Waals surface area contributed by atoms with E-state index in [2.05, 4.69) is 6.92 Å². The van der Waals surface area contributed by atoms with E-state index in [0.29, 0.717) is 39.9 Å². The average Bonchev–Trinajstić information content (AvgIpc) is 3.23. The zero-order valence-corrected chi connectivity index (χ0v) is 22.7. The Balaban J connectivity index is 1.67.